The molecular weight excluding hydrogens is 398 g/mol. The van der Waals surface area contributed by atoms with Gasteiger partial charge in [0.05, 0.1) is 11.7 Å². The van der Waals surface area contributed by atoms with Gasteiger partial charge in [0.15, 0.2) is 15.5 Å². The summed E-state index contributed by atoms with van der Waals surface area (Å²) in [4.78, 5) is 23.6. The Labute approximate surface area is 151 Å². The number of carbonyl (C=O) groups excluding carboxylic acids is 2. The Morgan fingerprint density at radius 2 is 2.04 bits per heavy atom. The monoisotopic (exact) mass is 413 g/mol. The van der Waals surface area contributed by atoms with Gasteiger partial charge in [-0.05, 0) is 61.1 Å². The first-order valence-electron chi connectivity index (χ1n) is 6.85. The van der Waals surface area contributed by atoms with Gasteiger partial charge in [0, 0.05) is 0 Å². The summed E-state index contributed by atoms with van der Waals surface area (Å²) < 4.78 is 7.14. The number of aromatic nitrogens is 2. The fourth-order valence-electron chi connectivity index (χ4n) is 1.90. The number of hydrogen-bond donors (Lipinski definition) is 3. The summed E-state index contributed by atoms with van der Waals surface area (Å²) >= 11 is 8.24. The summed E-state index contributed by atoms with van der Waals surface area (Å²) in [5.41, 5.74) is 5.10. The zero-order chi connectivity index (χ0) is 18.1. The number of rotatable bonds is 3. The van der Waals surface area contributed by atoms with Crippen molar-refractivity contribution in [3.63, 3.8) is 0 Å². The van der Waals surface area contributed by atoms with Crippen molar-refractivity contribution in [2.45, 2.75) is 26.3 Å². The second-order valence-electron chi connectivity index (χ2n) is 5.87. The van der Waals surface area contributed by atoms with Gasteiger partial charge >= 0.3 is 0 Å². The summed E-state index contributed by atoms with van der Waals surface area (Å²) in [6, 6.07) is 3.08. The third kappa shape index (κ3) is 4.01. The number of nitrogens with zero attached hydrogens (tertiary/aromatic N) is 2. The molecular formula is C14H16BrN5O3S. The van der Waals surface area contributed by atoms with E-state index in [2.05, 4.69) is 31.7 Å². The van der Waals surface area contributed by atoms with E-state index < -0.39 is 17.4 Å². The average Bonchev–Trinajstić information content (AvgIpc) is 3.04. The molecule has 4 N–H and O–H groups in total. The summed E-state index contributed by atoms with van der Waals surface area (Å²) in [5, 5.41) is 9.41. The van der Waals surface area contributed by atoms with Crippen LogP contribution in [0.15, 0.2) is 27.4 Å². The molecule has 0 aliphatic heterocycles. The van der Waals surface area contributed by atoms with Crippen LogP contribution >= 0.6 is 28.1 Å². The summed E-state index contributed by atoms with van der Waals surface area (Å²) in [5.74, 6) is -0.788. The third-order valence-electron chi connectivity index (χ3n) is 2.93. The molecule has 8 nitrogen and oxygen atoms in total. The number of anilines is 1. The Morgan fingerprint density at radius 3 is 2.54 bits per heavy atom. The van der Waals surface area contributed by atoms with E-state index in [4.69, 9.17) is 22.4 Å². The van der Waals surface area contributed by atoms with Crippen molar-refractivity contribution in [1.29, 1.82) is 0 Å². The van der Waals surface area contributed by atoms with Crippen LogP contribution in [-0.4, -0.2) is 26.7 Å². The molecule has 0 aliphatic rings. The number of primary amides is 1. The SMILES string of the molecule is CC(C)(C)n1ncc(C(N)=O)c1NC(=S)NC(=O)c1ccc(Br)o1. The molecule has 2 heterocycles. The molecule has 0 fully saturated rings. The van der Waals surface area contributed by atoms with Crippen LogP contribution in [0, 0.1) is 0 Å². The van der Waals surface area contributed by atoms with Crippen molar-refractivity contribution in [2.75, 3.05) is 5.32 Å². The number of amides is 2. The second-order valence-corrected chi connectivity index (χ2v) is 7.06. The van der Waals surface area contributed by atoms with Gasteiger partial charge < -0.3 is 15.5 Å². The van der Waals surface area contributed by atoms with Crippen molar-refractivity contribution in [3.05, 3.63) is 34.3 Å². The Balaban J connectivity index is 2.20. The number of halogens is 1. The van der Waals surface area contributed by atoms with Crippen LogP contribution in [0.4, 0.5) is 5.82 Å². The van der Waals surface area contributed by atoms with Crippen LogP contribution in [0.2, 0.25) is 0 Å². The van der Waals surface area contributed by atoms with Crippen LogP contribution in [0.25, 0.3) is 0 Å². The Morgan fingerprint density at radius 1 is 1.38 bits per heavy atom. The molecule has 0 bridgehead atoms. The van der Waals surface area contributed by atoms with Gasteiger partial charge in [-0.15, -0.1) is 0 Å². The average molecular weight is 414 g/mol. The van der Waals surface area contributed by atoms with Gasteiger partial charge in [0.25, 0.3) is 11.8 Å². The molecule has 0 unspecified atom stereocenters. The largest absolute Gasteiger partial charge is 0.444 e. The molecule has 0 aliphatic carbocycles. The smallest absolute Gasteiger partial charge is 0.293 e. The Bertz CT molecular complexity index is 806. The van der Waals surface area contributed by atoms with E-state index in [9.17, 15) is 9.59 Å². The van der Waals surface area contributed by atoms with Gasteiger partial charge in [-0.3, -0.25) is 14.9 Å². The Hall–Kier alpha value is -2.20. The number of carbonyl (C=O) groups is 2. The highest BCUT2D eigenvalue weighted by molar-refractivity contribution is 9.10. The van der Waals surface area contributed by atoms with Crippen molar-refractivity contribution in [3.8, 4) is 0 Å². The Kier molecular flexibility index (Phi) is 5.09. The van der Waals surface area contributed by atoms with E-state index in [0.29, 0.717) is 10.5 Å². The lowest BCUT2D eigenvalue weighted by molar-refractivity contribution is 0.0948. The summed E-state index contributed by atoms with van der Waals surface area (Å²) in [6.45, 7) is 5.70. The standard InChI is InChI=1S/C14H16BrN5O3S/c1-14(2,3)20-11(7(6-17-20)10(16)21)18-13(24)19-12(22)8-4-5-9(15)23-8/h4-6H,1-3H3,(H2,16,21)(H2,18,19,22,24). The first-order valence-corrected chi connectivity index (χ1v) is 8.05. The number of thiocarbonyl (C=S) groups is 1. The van der Waals surface area contributed by atoms with Gasteiger partial charge in [0.1, 0.15) is 11.4 Å². The van der Waals surface area contributed by atoms with E-state index in [0.717, 1.165) is 0 Å². The molecule has 0 saturated carbocycles. The fourth-order valence-corrected chi connectivity index (χ4v) is 2.39. The topological polar surface area (TPSA) is 115 Å². The minimum absolute atomic E-state index is 0.0129. The molecule has 10 heteroatoms. The molecule has 2 aromatic rings. The second kappa shape index (κ2) is 6.73. The minimum atomic E-state index is -0.655. The highest BCUT2D eigenvalue weighted by Crippen LogP contribution is 2.23. The molecule has 24 heavy (non-hydrogen) atoms. The van der Waals surface area contributed by atoms with Gasteiger partial charge in [-0.1, -0.05) is 0 Å². The fraction of sp³-hybridized carbons (Fsp3) is 0.286. The highest BCUT2D eigenvalue weighted by Gasteiger charge is 2.24. The number of nitrogens with two attached hydrogens (primary N) is 1. The van der Waals surface area contributed by atoms with E-state index in [1.165, 1.54) is 12.3 Å². The van der Waals surface area contributed by atoms with Crippen LogP contribution in [0.1, 0.15) is 41.7 Å². The number of nitrogens with one attached hydrogen (secondary N) is 2. The minimum Gasteiger partial charge on any atom is -0.444 e. The van der Waals surface area contributed by atoms with E-state index >= 15 is 0 Å². The molecule has 0 radical (unpaired) electrons. The highest BCUT2D eigenvalue weighted by atomic mass is 79.9. The van der Waals surface area contributed by atoms with Gasteiger partial charge in [-0.2, -0.15) is 5.10 Å². The van der Waals surface area contributed by atoms with Gasteiger partial charge in [-0.25, -0.2) is 4.68 Å². The maximum atomic E-state index is 12.0. The molecule has 128 valence electrons. The molecule has 0 saturated heterocycles. The van der Waals surface area contributed by atoms with Gasteiger partial charge in [0.2, 0.25) is 0 Å². The molecule has 0 aromatic carbocycles. The zero-order valence-electron chi connectivity index (χ0n) is 13.2. The van der Waals surface area contributed by atoms with E-state index in [-0.39, 0.29) is 16.4 Å². The lowest BCUT2D eigenvalue weighted by atomic mass is 10.1. The first-order chi connectivity index (χ1) is 11.1. The predicted octanol–water partition coefficient (Wildman–Crippen LogP) is 2.22. The van der Waals surface area contributed by atoms with Crippen LogP contribution in [-0.2, 0) is 5.54 Å². The van der Waals surface area contributed by atoms with E-state index in [1.54, 1.807) is 10.7 Å². The molecule has 2 amide bonds. The summed E-state index contributed by atoms with van der Waals surface area (Å²) in [7, 11) is 0. The van der Waals surface area contributed by atoms with Crippen molar-refractivity contribution in [2.24, 2.45) is 5.73 Å². The van der Waals surface area contributed by atoms with Crippen LogP contribution in [0.5, 0.6) is 0 Å². The third-order valence-corrected chi connectivity index (χ3v) is 3.56. The maximum absolute atomic E-state index is 12.0. The van der Waals surface area contributed by atoms with E-state index in [1.807, 2.05) is 20.8 Å². The van der Waals surface area contributed by atoms with Crippen molar-refractivity contribution >= 4 is 50.9 Å². The van der Waals surface area contributed by atoms with Crippen LogP contribution < -0.4 is 16.4 Å². The lowest BCUT2D eigenvalue weighted by Crippen LogP contribution is -2.36. The number of hydrogen-bond acceptors (Lipinski definition) is 5. The lowest BCUT2D eigenvalue weighted by Gasteiger charge is -2.23. The van der Waals surface area contributed by atoms with Crippen molar-refractivity contribution < 1.29 is 14.0 Å². The normalized spacial score (nSPS) is 11.2. The molecule has 0 atom stereocenters. The predicted molar refractivity (Wildman–Crippen MR) is 95.8 cm³/mol. The molecule has 2 rings (SSSR count). The molecule has 0 spiro atoms. The summed E-state index contributed by atoms with van der Waals surface area (Å²) in [6.07, 6.45) is 1.35. The van der Waals surface area contributed by atoms with Crippen LogP contribution in [0.3, 0.4) is 0 Å². The first kappa shape index (κ1) is 18.1. The molecule has 2 aromatic heterocycles. The maximum Gasteiger partial charge on any atom is 0.293 e. The number of furan rings is 1. The zero-order valence-corrected chi connectivity index (χ0v) is 15.6. The quantitative estimate of drug-likeness (QED) is 0.664. The van der Waals surface area contributed by atoms with Crippen molar-refractivity contribution in [1.82, 2.24) is 15.1 Å².